The van der Waals surface area contributed by atoms with E-state index < -0.39 is 0 Å². The van der Waals surface area contributed by atoms with E-state index in [1.54, 1.807) is 0 Å². The van der Waals surface area contributed by atoms with Crippen LogP contribution in [0.3, 0.4) is 0 Å². The van der Waals surface area contributed by atoms with E-state index in [0.29, 0.717) is 18.4 Å². The summed E-state index contributed by atoms with van der Waals surface area (Å²) in [5.41, 5.74) is 5.99. The molecule has 0 bridgehead atoms. The first kappa shape index (κ1) is 15.3. The van der Waals surface area contributed by atoms with E-state index in [0.717, 1.165) is 29.1 Å². The Morgan fingerprint density at radius 3 is 2.33 bits per heavy atom. The fraction of sp³-hybridized carbons (Fsp3) is 0.364. The second-order valence-corrected chi connectivity index (χ2v) is 7.33. The highest BCUT2D eigenvalue weighted by Crippen LogP contribution is 2.42. The van der Waals surface area contributed by atoms with Crippen LogP contribution >= 0.6 is 0 Å². The fourth-order valence-corrected chi connectivity index (χ4v) is 3.46. The molecule has 0 amide bonds. The maximum Gasteiger partial charge on any atom is 0.142 e. The third-order valence-corrected chi connectivity index (χ3v) is 5.01. The van der Waals surface area contributed by atoms with Gasteiger partial charge in [-0.15, -0.1) is 0 Å². The molecule has 0 aliphatic carbocycles. The van der Waals surface area contributed by atoms with Crippen molar-refractivity contribution in [2.45, 2.75) is 46.0 Å². The third kappa shape index (κ3) is 2.41. The zero-order chi connectivity index (χ0) is 16.8. The van der Waals surface area contributed by atoms with E-state index in [2.05, 4.69) is 64.1 Å². The Kier molecular flexibility index (Phi) is 3.64. The molecule has 2 nitrogen and oxygen atoms in total. The molecular weight excluding hydrogens is 296 g/mol. The van der Waals surface area contributed by atoms with Crippen molar-refractivity contribution in [3.8, 4) is 17.1 Å². The van der Waals surface area contributed by atoms with Crippen molar-refractivity contribution in [1.82, 2.24) is 0 Å². The Labute approximate surface area is 143 Å². The van der Waals surface area contributed by atoms with E-state index in [9.17, 15) is 0 Å². The van der Waals surface area contributed by atoms with Gasteiger partial charge in [-0.2, -0.15) is 0 Å². The summed E-state index contributed by atoms with van der Waals surface area (Å²) in [5, 5.41) is 1.24. The van der Waals surface area contributed by atoms with E-state index in [-0.39, 0.29) is 0 Å². The molecule has 0 N–H and O–H groups in total. The summed E-state index contributed by atoms with van der Waals surface area (Å²) in [7, 11) is 0. The fourth-order valence-electron chi connectivity index (χ4n) is 3.46. The van der Waals surface area contributed by atoms with Gasteiger partial charge in [0.25, 0.3) is 0 Å². The molecule has 124 valence electrons. The minimum absolute atomic E-state index is 0.492. The molecular formula is C22H24O2. The third-order valence-electron chi connectivity index (χ3n) is 5.01. The molecule has 2 heterocycles. The smallest absolute Gasteiger partial charge is 0.142 e. The topological polar surface area (TPSA) is 22.4 Å². The van der Waals surface area contributed by atoms with Gasteiger partial charge in [-0.1, -0.05) is 39.8 Å². The Bertz CT molecular complexity index is 900. The van der Waals surface area contributed by atoms with E-state index >= 15 is 0 Å². The molecule has 0 saturated heterocycles. The Balaban J connectivity index is 1.92. The van der Waals surface area contributed by atoms with Crippen LogP contribution < -0.4 is 4.74 Å². The number of benzene rings is 2. The van der Waals surface area contributed by atoms with Gasteiger partial charge in [0.1, 0.15) is 17.1 Å². The normalized spacial score (nSPS) is 13.8. The molecule has 4 rings (SSSR count). The molecule has 24 heavy (non-hydrogen) atoms. The summed E-state index contributed by atoms with van der Waals surface area (Å²) in [4.78, 5) is 0. The van der Waals surface area contributed by atoms with Crippen LogP contribution in [0.25, 0.3) is 22.3 Å². The number of hydrogen-bond acceptors (Lipinski definition) is 2. The zero-order valence-corrected chi connectivity index (χ0v) is 14.8. The van der Waals surface area contributed by atoms with Gasteiger partial charge in [0.2, 0.25) is 0 Å². The van der Waals surface area contributed by atoms with Gasteiger partial charge in [-0.25, -0.2) is 0 Å². The summed E-state index contributed by atoms with van der Waals surface area (Å²) in [6, 6.07) is 13.1. The van der Waals surface area contributed by atoms with Gasteiger partial charge in [0, 0.05) is 17.4 Å². The summed E-state index contributed by atoms with van der Waals surface area (Å²) in [5.74, 6) is 2.94. The molecule has 1 aromatic heterocycles. The van der Waals surface area contributed by atoms with Crippen molar-refractivity contribution in [1.29, 1.82) is 0 Å². The van der Waals surface area contributed by atoms with E-state index in [4.69, 9.17) is 9.15 Å². The lowest BCUT2D eigenvalue weighted by atomic mass is 9.97. The van der Waals surface area contributed by atoms with Crippen LogP contribution in [0.2, 0.25) is 0 Å². The zero-order valence-electron chi connectivity index (χ0n) is 14.8. The molecule has 0 spiro atoms. The van der Waals surface area contributed by atoms with Crippen LogP contribution in [0.5, 0.6) is 5.75 Å². The molecule has 1 aliphatic rings. The minimum atomic E-state index is 0.492. The van der Waals surface area contributed by atoms with Crippen molar-refractivity contribution in [2.75, 3.05) is 6.61 Å². The van der Waals surface area contributed by atoms with Crippen molar-refractivity contribution in [3.05, 3.63) is 53.1 Å². The SMILES string of the molecule is CC(C)c1ccc2c(c1)OCCc1c-2oc2ccc(C(C)C)cc12. The van der Waals surface area contributed by atoms with Gasteiger partial charge in [0.05, 0.1) is 12.2 Å². The van der Waals surface area contributed by atoms with Gasteiger partial charge >= 0.3 is 0 Å². The Hall–Kier alpha value is -2.22. The second-order valence-electron chi connectivity index (χ2n) is 7.33. The first-order valence-electron chi connectivity index (χ1n) is 8.87. The van der Waals surface area contributed by atoms with Crippen molar-refractivity contribution >= 4 is 11.0 Å². The molecule has 2 heteroatoms. The Morgan fingerprint density at radius 2 is 1.58 bits per heavy atom. The van der Waals surface area contributed by atoms with Crippen LogP contribution in [0.15, 0.2) is 40.8 Å². The first-order valence-corrected chi connectivity index (χ1v) is 8.87. The standard InChI is InChI=1S/C22H24O2/c1-13(2)15-6-8-20-19(11-15)17-9-10-23-21-12-16(14(3)4)5-7-18(21)22(17)24-20/h5-8,11-14H,9-10H2,1-4H3. The van der Waals surface area contributed by atoms with E-state index in [1.165, 1.54) is 22.1 Å². The van der Waals surface area contributed by atoms with Crippen LogP contribution in [-0.2, 0) is 6.42 Å². The van der Waals surface area contributed by atoms with Crippen molar-refractivity contribution in [3.63, 3.8) is 0 Å². The molecule has 0 fully saturated rings. The van der Waals surface area contributed by atoms with Gasteiger partial charge < -0.3 is 9.15 Å². The molecule has 3 aromatic rings. The van der Waals surface area contributed by atoms with Gasteiger partial charge in [-0.3, -0.25) is 0 Å². The maximum absolute atomic E-state index is 6.25. The predicted octanol–water partition coefficient (Wildman–Crippen LogP) is 6.28. The quantitative estimate of drug-likeness (QED) is 0.554. The maximum atomic E-state index is 6.25. The number of ether oxygens (including phenoxy) is 1. The average molecular weight is 320 g/mol. The van der Waals surface area contributed by atoms with Crippen LogP contribution in [0.1, 0.15) is 56.2 Å². The average Bonchev–Trinajstić information content (AvgIpc) is 2.82. The lowest BCUT2D eigenvalue weighted by Crippen LogP contribution is -1.99. The highest BCUT2D eigenvalue weighted by molar-refractivity contribution is 5.90. The monoisotopic (exact) mass is 320 g/mol. The highest BCUT2D eigenvalue weighted by atomic mass is 16.5. The number of rotatable bonds is 2. The van der Waals surface area contributed by atoms with Crippen LogP contribution in [0.4, 0.5) is 0 Å². The minimum Gasteiger partial charge on any atom is -0.492 e. The highest BCUT2D eigenvalue weighted by Gasteiger charge is 2.23. The largest absolute Gasteiger partial charge is 0.492 e. The molecule has 0 atom stereocenters. The number of furan rings is 1. The lowest BCUT2D eigenvalue weighted by molar-refractivity contribution is 0.326. The molecule has 2 aromatic carbocycles. The van der Waals surface area contributed by atoms with E-state index in [1.807, 2.05) is 0 Å². The van der Waals surface area contributed by atoms with Crippen molar-refractivity contribution in [2.24, 2.45) is 0 Å². The van der Waals surface area contributed by atoms with Crippen molar-refractivity contribution < 1.29 is 9.15 Å². The summed E-state index contributed by atoms with van der Waals surface area (Å²) < 4.78 is 12.3. The molecule has 0 saturated carbocycles. The first-order chi connectivity index (χ1) is 11.5. The number of fused-ring (bicyclic) bond motifs is 5. The molecule has 0 unspecified atom stereocenters. The second kappa shape index (κ2) is 5.70. The summed E-state index contributed by atoms with van der Waals surface area (Å²) in [6.45, 7) is 9.57. The summed E-state index contributed by atoms with van der Waals surface area (Å²) in [6.07, 6.45) is 0.884. The Morgan fingerprint density at radius 1 is 0.875 bits per heavy atom. The van der Waals surface area contributed by atoms with Crippen LogP contribution in [-0.4, -0.2) is 6.61 Å². The lowest BCUT2D eigenvalue weighted by Gasteiger charge is -2.11. The molecule has 0 radical (unpaired) electrons. The predicted molar refractivity (Wildman–Crippen MR) is 99.0 cm³/mol. The molecule has 1 aliphatic heterocycles. The van der Waals surface area contributed by atoms with Crippen LogP contribution in [0, 0.1) is 0 Å². The van der Waals surface area contributed by atoms with Gasteiger partial charge in [-0.05, 0) is 47.2 Å². The summed E-state index contributed by atoms with van der Waals surface area (Å²) >= 11 is 0. The van der Waals surface area contributed by atoms with Gasteiger partial charge in [0.15, 0.2) is 0 Å². The number of hydrogen-bond donors (Lipinski definition) is 0.